The predicted octanol–water partition coefficient (Wildman–Crippen LogP) is 4.16. The van der Waals surface area contributed by atoms with Crippen LogP contribution in [0, 0.1) is 6.92 Å². The quantitative estimate of drug-likeness (QED) is 0.696. The molecular weight excluding hydrogens is 336 g/mol. The highest BCUT2D eigenvalue weighted by atomic mass is 16.2. The molecule has 0 saturated carbocycles. The van der Waals surface area contributed by atoms with Crippen molar-refractivity contribution >= 4 is 17.5 Å². The second-order valence-electron chi connectivity index (χ2n) is 6.45. The third kappa shape index (κ3) is 5.28. The van der Waals surface area contributed by atoms with E-state index >= 15 is 0 Å². The minimum absolute atomic E-state index is 0.371. The number of hydrogen-bond donors (Lipinski definition) is 1. The highest BCUT2D eigenvalue weighted by Crippen LogP contribution is 2.13. The van der Waals surface area contributed by atoms with Gasteiger partial charge in [-0.25, -0.2) is 0 Å². The molecule has 4 nitrogen and oxygen atoms in total. The molecule has 0 fully saturated rings. The van der Waals surface area contributed by atoms with Crippen LogP contribution in [0.3, 0.4) is 0 Å². The average Bonchev–Trinajstić information content (AvgIpc) is 2.70. The van der Waals surface area contributed by atoms with E-state index in [0.29, 0.717) is 18.8 Å². The van der Waals surface area contributed by atoms with Gasteiger partial charge in [-0.2, -0.15) is 0 Å². The molecule has 0 radical (unpaired) electrons. The summed E-state index contributed by atoms with van der Waals surface area (Å²) in [5.41, 5.74) is 3.65. The van der Waals surface area contributed by atoms with Gasteiger partial charge in [-0.3, -0.25) is 9.59 Å². The van der Waals surface area contributed by atoms with Crippen LogP contribution in [0.25, 0.3) is 0 Å². The molecule has 4 heteroatoms. The first-order valence-corrected chi connectivity index (χ1v) is 8.86. The Morgan fingerprint density at radius 1 is 0.741 bits per heavy atom. The van der Waals surface area contributed by atoms with Gasteiger partial charge in [-0.05, 0) is 30.2 Å². The van der Waals surface area contributed by atoms with Crippen molar-refractivity contribution in [3.05, 3.63) is 102 Å². The SMILES string of the molecule is Cc1ccc(NC(=O)C(=O)N(Cc2ccccc2)Cc2ccccc2)cc1. The van der Waals surface area contributed by atoms with Crippen molar-refractivity contribution < 1.29 is 9.59 Å². The zero-order valence-electron chi connectivity index (χ0n) is 15.3. The molecule has 0 aliphatic rings. The van der Waals surface area contributed by atoms with E-state index in [-0.39, 0.29) is 0 Å². The zero-order valence-corrected chi connectivity index (χ0v) is 15.3. The van der Waals surface area contributed by atoms with E-state index in [1.165, 1.54) is 0 Å². The van der Waals surface area contributed by atoms with Gasteiger partial charge in [0.1, 0.15) is 0 Å². The number of carbonyl (C=O) groups is 2. The Morgan fingerprint density at radius 2 is 1.22 bits per heavy atom. The van der Waals surface area contributed by atoms with Gasteiger partial charge in [0.15, 0.2) is 0 Å². The van der Waals surface area contributed by atoms with Gasteiger partial charge in [0.25, 0.3) is 0 Å². The number of amides is 2. The first-order valence-electron chi connectivity index (χ1n) is 8.86. The van der Waals surface area contributed by atoms with Crippen molar-refractivity contribution in [1.29, 1.82) is 0 Å². The first-order chi connectivity index (χ1) is 13.1. The number of hydrogen-bond acceptors (Lipinski definition) is 2. The summed E-state index contributed by atoms with van der Waals surface area (Å²) >= 11 is 0. The Balaban J connectivity index is 1.76. The fourth-order valence-corrected chi connectivity index (χ4v) is 2.77. The molecule has 0 unspecified atom stereocenters. The maximum absolute atomic E-state index is 12.8. The third-order valence-electron chi connectivity index (χ3n) is 4.22. The first kappa shape index (κ1) is 18.4. The lowest BCUT2D eigenvalue weighted by Gasteiger charge is -2.22. The van der Waals surface area contributed by atoms with E-state index in [4.69, 9.17) is 0 Å². The van der Waals surface area contributed by atoms with Gasteiger partial charge < -0.3 is 10.2 Å². The van der Waals surface area contributed by atoms with Crippen LogP contribution in [0.4, 0.5) is 5.69 Å². The van der Waals surface area contributed by atoms with Crippen molar-refractivity contribution in [2.75, 3.05) is 5.32 Å². The second kappa shape index (κ2) is 8.81. The second-order valence-corrected chi connectivity index (χ2v) is 6.45. The van der Waals surface area contributed by atoms with E-state index in [2.05, 4.69) is 5.32 Å². The lowest BCUT2D eigenvalue weighted by Crippen LogP contribution is -2.38. The number of anilines is 1. The maximum atomic E-state index is 12.8. The molecule has 3 aromatic carbocycles. The minimum Gasteiger partial charge on any atom is -0.326 e. The average molecular weight is 358 g/mol. The van der Waals surface area contributed by atoms with E-state index < -0.39 is 11.8 Å². The van der Waals surface area contributed by atoms with Crippen molar-refractivity contribution in [3.8, 4) is 0 Å². The van der Waals surface area contributed by atoms with Crippen molar-refractivity contribution in [2.45, 2.75) is 20.0 Å². The molecule has 1 N–H and O–H groups in total. The monoisotopic (exact) mass is 358 g/mol. The maximum Gasteiger partial charge on any atom is 0.313 e. The summed E-state index contributed by atoms with van der Waals surface area (Å²) in [4.78, 5) is 26.9. The van der Waals surface area contributed by atoms with Crippen molar-refractivity contribution in [3.63, 3.8) is 0 Å². The summed E-state index contributed by atoms with van der Waals surface area (Å²) in [5, 5.41) is 2.69. The molecule has 0 aromatic heterocycles. The van der Waals surface area contributed by atoms with Gasteiger partial charge in [0.05, 0.1) is 0 Å². The van der Waals surface area contributed by atoms with Crippen LogP contribution in [-0.4, -0.2) is 16.7 Å². The lowest BCUT2D eigenvalue weighted by molar-refractivity contribution is -0.144. The Hall–Kier alpha value is -3.40. The molecule has 0 bridgehead atoms. The van der Waals surface area contributed by atoms with E-state index in [1.807, 2.05) is 79.7 Å². The molecule has 0 atom stereocenters. The largest absolute Gasteiger partial charge is 0.326 e. The van der Waals surface area contributed by atoms with E-state index in [0.717, 1.165) is 16.7 Å². The summed E-state index contributed by atoms with van der Waals surface area (Å²) in [6, 6.07) is 26.7. The molecule has 3 aromatic rings. The lowest BCUT2D eigenvalue weighted by atomic mass is 10.1. The summed E-state index contributed by atoms with van der Waals surface area (Å²) in [7, 11) is 0. The third-order valence-corrected chi connectivity index (χ3v) is 4.22. The predicted molar refractivity (Wildman–Crippen MR) is 107 cm³/mol. The zero-order chi connectivity index (χ0) is 19.1. The highest BCUT2D eigenvalue weighted by molar-refractivity contribution is 6.39. The number of rotatable bonds is 5. The number of nitrogens with one attached hydrogen (secondary N) is 1. The number of aryl methyl sites for hydroxylation is 1. The molecular formula is C23H22N2O2. The Bertz CT molecular complexity index is 849. The van der Waals surface area contributed by atoms with Gasteiger partial charge in [0, 0.05) is 18.8 Å². The van der Waals surface area contributed by atoms with Crippen LogP contribution in [0.1, 0.15) is 16.7 Å². The fraction of sp³-hybridized carbons (Fsp3) is 0.130. The van der Waals surface area contributed by atoms with E-state index in [9.17, 15) is 9.59 Å². The van der Waals surface area contributed by atoms with Crippen molar-refractivity contribution in [1.82, 2.24) is 4.90 Å². The molecule has 0 aliphatic carbocycles. The highest BCUT2D eigenvalue weighted by Gasteiger charge is 2.22. The Morgan fingerprint density at radius 3 is 1.70 bits per heavy atom. The Kier molecular flexibility index (Phi) is 6.00. The molecule has 0 saturated heterocycles. The normalized spacial score (nSPS) is 10.3. The molecule has 2 amide bonds. The van der Waals surface area contributed by atoms with E-state index in [1.54, 1.807) is 17.0 Å². The molecule has 0 spiro atoms. The molecule has 27 heavy (non-hydrogen) atoms. The van der Waals surface area contributed by atoms with Gasteiger partial charge >= 0.3 is 11.8 Å². The summed E-state index contributed by atoms with van der Waals surface area (Å²) in [6.45, 7) is 2.71. The van der Waals surface area contributed by atoms with Crippen LogP contribution in [-0.2, 0) is 22.7 Å². The molecule has 0 heterocycles. The number of nitrogens with zero attached hydrogens (tertiary/aromatic N) is 1. The smallest absolute Gasteiger partial charge is 0.313 e. The van der Waals surface area contributed by atoms with Crippen LogP contribution in [0.5, 0.6) is 0 Å². The van der Waals surface area contributed by atoms with Crippen LogP contribution < -0.4 is 5.32 Å². The number of benzene rings is 3. The van der Waals surface area contributed by atoms with Crippen LogP contribution in [0.2, 0.25) is 0 Å². The number of carbonyl (C=O) groups excluding carboxylic acids is 2. The topological polar surface area (TPSA) is 49.4 Å². The fourth-order valence-electron chi connectivity index (χ4n) is 2.77. The Labute approximate surface area is 159 Å². The standard InChI is InChI=1S/C23H22N2O2/c1-18-12-14-21(15-13-18)24-22(26)23(27)25(16-19-8-4-2-5-9-19)17-20-10-6-3-7-11-20/h2-15H,16-17H2,1H3,(H,24,26). The van der Waals surface area contributed by atoms with Crippen LogP contribution in [0.15, 0.2) is 84.9 Å². The minimum atomic E-state index is -0.634. The van der Waals surface area contributed by atoms with Gasteiger partial charge in [-0.1, -0.05) is 78.4 Å². The van der Waals surface area contributed by atoms with Gasteiger partial charge in [-0.15, -0.1) is 0 Å². The molecule has 0 aliphatic heterocycles. The molecule has 3 rings (SSSR count). The summed E-state index contributed by atoms with van der Waals surface area (Å²) in [5.74, 6) is -1.19. The van der Waals surface area contributed by atoms with Gasteiger partial charge in [0.2, 0.25) is 0 Å². The summed E-state index contributed by atoms with van der Waals surface area (Å²) in [6.07, 6.45) is 0. The van der Waals surface area contributed by atoms with Crippen LogP contribution >= 0.6 is 0 Å². The van der Waals surface area contributed by atoms with Crippen molar-refractivity contribution in [2.24, 2.45) is 0 Å². The summed E-state index contributed by atoms with van der Waals surface area (Å²) < 4.78 is 0. The molecule has 136 valence electrons.